The Hall–Kier alpha value is -3.88. The zero-order valence-electron chi connectivity index (χ0n) is 19.3. The van der Waals surface area contributed by atoms with E-state index in [4.69, 9.17) is 14.2 Å². The summed E-state index contributed by atoms with van der Waals surface area (Å²) in [5, 5.41) is 12.3. The van der Waals surface area contributed by atoms with Gasteiger partial charge in [-0.25, -0.2) is 4.39 Å². The number of hydrogen-bond acceptors (Lipinski definition) is 5. The maximum absolute atomic E-state index is 14.8. The topological polar surface area (TPSA) is 69.9 Å². The van der Waals surface area contributed by atoms with E-state index < -0.39 is 24.3 Å². The Kier molecular flexibility index (Phi) is 6.77. The molecule has 3 aromatic carbocycles. The van der Waals surface area contributed by atoms with E-state index in [2.05, 4.69) is 0 Å². The van der Waals surface area contributed by atoms with Crippen LogP contribution in [0.5, 0.6) is 17.4 Å². The number of ether oxygens (including phenoxy) is 3. The molecule has 4 aromatic rings. The fourth-order valence-corrected chi connectivity index (χ4v) is 4.02. The molecule has 1 heterocycles. The van der Waals surface area contributed by atoms with Crippen molar-refractivity contribution in [1.29, 1.82) is 0 Å². The van der Waals surface area contributed by atoms with E-state index in [0.29, 0.717) is 21.9 Å². The molecule has 0 spiro atoms. The SMILES string of the molecule is CCOC(=O)Cc1ccc(-n2cc3c(OC(C)C)c4ccccc4c(OC(F)F)c3c2O)cc1F. The number of alkyl halides is 2. The molecule has 0 atom stereocenters. The molecule has 184 valence electrons. The number of carbonyl (C=O) groups is 1. The number of hydrogen-bond donors (Lipinski definition) is 1. The van der Waals surface area contributed by atoms with Gasteiger partial charge in [0.15, 0.2) is 0 Å². The summed E-state index contributed by atoms with van der Waals surface area (Å²) in [5.41, 5.74) is 0.339. The van der Waals surface area contributed by atoms with Crippen LogP contribution in [0.15, 0.2) is 48.7 Å². The number of halogens is 3. The van der Waals surface area contributed by atoms with Gasteiger partial charge < -0.3 is 19.3 Å². The summed E-state index contributed by atoms with van der Waals surface area (Å²) < 4.78 is 58.5. The number of nitrogens with zero attached hydrogens (tertiary/aromatic N) is 1. The third-order valence-corrected chi connectivity index (χ3v) is 5.38. The van der Waals surface area contributed by atoms with Crippen LogP contribution >= 0.6 is 0 Å². The normalized spacial score (nSPS) is 11.5. The molecule has 6 nitrogen and oxygen atoms in total. The van der Waals surface area contributed by atoms with Gasteiger partial charge in [0.05, 0.1) is 35.6 Å². The molecule has 9 heteroatoms. The molecule has 1 N–H and O–H groups in total. The number of esters is 1. The highest BCUT2D eigenvalue weighted by molar-refractivity contribution is 6.13. The van der Waals surface area contributed by atoms with E-state index >= 15 is 0 Å². The zero-order chi connectivity index (χ0) is 25.3. The van der Waals surface area contributed by atoms with Crippen LogP contribution in [0.3, 0.4) is 0 Å². The molecule has 0 bridgehead atoms. The van der Waals surface area contributed by atoms with Crippen molar-refractivity contribution >= 4 is 27.5 Å². The summed E-state index contributed by atoms with van der Waals surface area (Å²) in [4.78, 5) is 11.7. The van der Waals surface area contributed by atoms with Crippen molar-refractivity contribution in [3.05, 3.63) is 60.0 Å². The maximum Gasteiger partial charge on any atom is 0.387 e. The molecule has 0 unspecified atom stereocenters. The number of aromatic hydroxyl groups is 1. The summed E-state index contributed by atoms with van der Waals surface area (Å²) in [6, 6.07) is 10.8. The molecular formula is C26H24F3NO5. The average molecular weight is 487 g/mol. The average Bonchev–Trinajstić information content (AvgIpc) is 3.14. The molecule has 0 aliphatic carbocycles. The lowest BCUT2D eigenvalue weighted by atomic mass is 10.0. The van der Waals surface area contributed by atoms with E-state index in [0.717, 1.165) is 6.07 Å². The van der Waals surface area contributed by atoms with Crippen molar-refractivity contribution in [2.45, 2.75) is 39.9 Å². The minimum Gasteiger partial charge on any atom is -0.494 e. The summed E-state index contributed by atoms with van der Waals surface area (Å²) in [5.74, 6) is -1.50. The molecule has 35 heavy (non-hydrogen) atoms. The number of rotatable bonds is 8. The smallest absolute Gasteiger partial charge is 0.387 e. The van der Waals surface area contributed by atoms with Crippen LogP contribution in [0.25, 0.3) is 27.2 Å². The molecule has 0 radical (unpaired) electrons. The first-order valence-corrected chi connectivity index (χ1v) is 11.1. The molecule has 0 amide bonds. The second-order valence-electron chi connectivity index (χ2n) is 8.12. The quantitative estimate of drug-likeness (QED) is 0.303. The van der Waals surface area contributed by atoms with Crippen molar-refractivity contribution in [3.63, 3.8) is 0 Å². The Bertz CT molecular complexity index is 1400. The van der Waals surface area contributed by atoms with E-state index in [-0.39, 0.29) is 41.5 Å². The van der Waals surface area contributed by atoms with Crippen molar-refractivity contribution in [2.24, 2.45) is 0 Å². The van der Waals surface area contributed by atoms with Crippen LogP contribution < -0.4 is 9.47 Å². The molecule has 0 aliphatic heterocycles. The van der Waals surface area contributed by atoms with Crippen molar-refractivity contribution < 1.29 is 37.3 Å². The fraction of sp³-hybridized carbons (Fsp3) is 0.269. The molecule has 1 aromatic heterocycles. The Labute approximate surface area is 199 Å². The number of aromatic nitrogens is 1. The third kappa shape index (κ3) is 4.71. The zero-order valence-corrected chi connectivity index (χ0v) is 19.3. The van der Waals surface area contributed by atoms with Gasteiger partial charge in [-0.05, 0) is 38.5 Å². The summed E-state index contributed by atoms with van der Waals surface area (Å²) in [7, 11) is 0. The molecule has 0 saturated heterocycles. The Balaban J connectivity index is 1.94. The van der Waals surface area contributed by atoms with Gasteiger partial charge in [-0.2, -0.15) is 8.78 Å². The van der Waals surface area contributed by atoms with Crippen LogP contribution in [0.4, 0.5) is 13.2 Å². The largest absolute Gasteiger partial charge is 0.494 e. The number of fused-ring (bicyclic) bond motifs is 2. The van der Waals surface area contributed by atoms with Crippen LogP contribution in [0.2, 0.25) is 0 Å². The lowest BCUT2D eigenvalue weighted by molar-refractivity contribution is -0.142. The molecule has 0 saturated carbocycles. The fourth-order valence-electron chi connectivity index (χ4n) is 4.02. The second-order valence-corrected chi connectivity index (χ2v) is 8.12. The highest BCUT2D eigenvalue weighted by Gasteiger charge is 2.25. The van der Waals surface area contributed by atoms with Gasteiger partial charge in [-0.15, -0.1) is 0 Å². The minimum atomic E-state index is -3.14. The van der Waals surface area contributed by atoms with Crippen LogP contribution in [-0.2, 0) is 16.0 Å². The van der Waals surface area contributed by atoms with Gasteiger partial charge in [0.1, 0.15) is 17.3 Å². The summed E-state index contributed by atoms with van der Waals surface area (Å²) >= 11 is 0. The van der Waals surface area contributed by atoms with Crippen LogP contribution in [0, 0.1) is 5.82 Å². The Morgan fingerprint density at radius 3 is 2.31 bits per heavy atom. The van der Waals surface area contributed by atoms with Gasteiger partial charge >= 0.3 is 12.6 Å². The van der Waals surface area contributed by atoms with Crippen molar-refractivity contribution in [1.82, 2.24) is 4.57 Å². The number of carbonyl (C=O) groups excluding carboxylic acids is 1. The maximum atomic E-state index is 14.8. The van der Waals surface area contributed by atoms with E-state index in [9.17, 15) is 23.1 Å². The Morgan fingerprint density at radius 1 is 1.03 bits per heavy atom. The highest BCUT2D eigenvalue weighted by Crippen LogP contribution is 2.48. The molecule has 4 rings (SSSR count). The van der Waals surface area contributed by atoms with Crippen molar-refractivity contribution in [2.75, 3.05) is 6.61 Å². The first-order valence-electron chi connectivity index (χ1n) is 11.1. The van der Waals surface area contributed by atoms with Gasteiger partial charge in [0, 0.05) is 17.0 Å². The summed E-state index contributed by atoms with van der Waals surface area (Å²) in [6.07, 6.45) is 0.977. The monoisotopic (exact) mass is 487 g/mol. The summed E-state index contributed by atoms with van der Waals surface area (Å²) in [6.45, 7) is 2.34. The second kappa shape index (κ2) is 9.77. The van der Waals surface area contributed by atoms with Crippen LogP contribution in [-0.4, -0.2) is 35.0 Å². The lowest BCUT2D eigenvalue weighted by Crippen LogP contribution is -2.09. The molecule has 0 fully saturated rings. The van der Waals surface area contributed by atoms with Gasteiger partial charge in [-0.1, -0.05) is 30.3 Å². The highest BCUT2D eigenvalue weighted by atomic mass is 19.3. The minimum absolute atomic E-state index is 0.00987. The molecule has 0 aliphatic rings. The predicted molar refractivity (Wildman–Crippen MR) is 125 cm³/mol. The standard InChI is InChI=1S/C26H24F3NO5/c1-4-33-21(31)11-15-9-10-16(12-20(15)27)30-13-19-22(25(30)32)24(35-26(28)29)18-8-6-5-7-17(18)23(19)34-14(2)3/h5-10,12-14,26,32H,4,11H2,1-3H3. The van der Waals surface area contributed by atoms with E-state index in [1.165, 1.54) is 22.9 Å². The predicted octanol–water partition coefficient (Wildman–Crippen LogP) is 6.12. The third-order valence-electron chi connectivity index (χ3n) is 5.38. The van der Waals surface area contributed by atoms with Gasteiger partial charge in [0.2, 0.25) is 5.88 Å². The first-order chi connectivity index (χ1) is 16.7. The Morgan fingerprint density at radius 2 is 1.71 bits per heavy atom. The molecular weight excluding hydrogens is 463 g/mol. The first kappa shape index (κ1) is 24.3. The van der Waals surface area contributed by atoms with Gasteiger partial charge in [0.25, 0.3) is 0 Å². The van der Waals surface area contributed by atoms with Gasteiger partial charge in [-0.3, -0.25) is 9.36 Å². The van der Waals surface area contributed by atoms with Crippen LogP contribution in [0.1, 0.15) is 26.3 Å². The number of benzene rings is 3. The lowest BCUT2D eigenvalue weighted by Gasteiger charge is -2.17. The van der Waals surface area contributed by atoms with E-state index in [1.54, 1.807) is 31.2 Å². The van der Waals surface area contributed by atoms with E-state index in [1.807, 2.05) is 13.8 Å². The van der Waals surface area contributed by atoms with Crippen molar-refractivity contribution in [3.8, 4) is 23.1 Å².